The van der Waals surface area contributed by atoms with Crippen molar-refractivity contribution < 1.29 is 0 Å². The maximum Gasteiger partial charge on any atom is 0.239 e. The second kappa shape index (κ2) is 14.5. The third-order valence-electron chi connectivity index (χ3n) is 12.7. The molecule has 0 radical (unpaired) electrons. The molecule has 298 valence electrons. The topological polar surface area (TPSA) is 48.5 Å². The summed E-state index contributed by atoms with van der Waals surface area (Å²) in [5.74, 6) is 1.74. The lowest BCUT2D eigenvalue weighted by Gasteiger charge is -2.18. The largest absolute Gasteiger partial charge is 0.298 e. The summed E-state index contributed by atoms with van der Waals surface area (Å²) >= 11 is 0. The molecule has 0 unspecified atom stereocenters. The second-order valence-electron chi connectivity index (χ2n) is 16.9. The number of nitrogens with zero attached hydrogens (tertiary/aromatic N) is 5. The average Bonchev–Trinajstić information content (AvgIpc) is 3.97. The molecule has 8 aromatic carbocycles. The summed E-state index contributed by atoms with van der Waals surface area (Å²) < 4.78 is 4.69. The highest BCUT2D eigenvalue weighted by Gasteiger charge is 2.39. The number of hydrogen-bond donors (Lipinski definition) is 0. The number of aromatic nitrogens is 5. The van der Waals surface area contributed by atoms with E-state index >= 15 is 0 Å². The molecular weight excluding hydrogens is 767 g/mol. The molecule has 3 aromatic heterocycles. The molecule has 1 aliphatic heterocycles. The van der Waals surface area contributed by atoms with E-state index < -0.39 is 0 Å². The van der Waals surface area contributed by atoms with Crippen molar-refractivity contribution in [2.24, 2.45) is 0 Å². The van der Waals surface area contributed by atoms with Gasteiger partial charge in [-0.1, -0.05) is 172 Å². The number of benzene rings is 8. The molecule has 11 aromatic rings. The Balaban J connectivity index is 1.18. The van der Waals surface area contributed by atoms with Gasteiger partial charge >= 0.3 is 0 Å². The number of hydrogen-bond acceptors (Lipinski definition) is 3. The highest BCUT2D eigenvalue weighted by Crippen LogP contribution is 2.48. The lowest BCUT2D eigenvalue weighted by Crippen LogP contribution is -2.15. The van der Waals surface area contributed by atoms with Crippen LogP contribution in [0.3, 0.4) is 0 Å². The molecule has 1 aliphatic rings. The minimum absolute atomic E-state index is 0.200. The molecule has 4 heterocycles. The summed E-state index contributed by atoms with van der Waals surface area (Å²) in [6.07, 6.45) is 0. The van der Waals surface area contributed by atoms with Crippen molar-refractivity contribution >= 4 is 21.9 Å². The van der Waals surface area contributed by atoms with Crippen LogP contribution < -0.4 is 0 Å². The van der Waals surface area contributed by atoms with Crippen LogP contribution in [0, 0.1) is 0 Å². The third-order valence-corrected chi connectivity index (χ3v) is 12.7. The quantitative estimate of drug-likeness (QED) is 0.161. The van der Waals surface area contributed by atoms with Crippen molar-refractivity contribution in [2.45, 2.75) is 19.3 Å². The predicted octanol–water partition coefficient (Wildman–Crippen LogP) is 14.4. The molecule has 63 heavy (non-hydrogen) atoms. The van der Waals surface area contributed by atoms with Crippen molar-refractivity contribution in [3.63, 3.8) is 0 Å². The predicted molar refractivity (Wildman–Crippen MR) is 258 cm³/mol. The zero-order chi connectivity index (χ0) is 42.1. The Hall–Kier alpha value is -8.15. The fraction of sp³-hybridized carbons (Fsp3) is 0.0517. The van der Waals surface area contributed by atoms with Crippen LogP contribution in [0.2, 0.25) is 0 Å². The van der Waals surface area contributed by atoms with Gasteiger partial charge in [0, 0.05) is 33.0 Å². The van der Waals surface area contributed by atoms with E-state index in [4.69, 9.17) is 15.0 Å². The van der Waals surface area contributed by atoms with Crippen molar-refractivity contribution in [3.05, 3.63) is 224 Å². The lowest BCUT2D eigenvalue weighted by atomic mass is 9.83. The molecule has 0 fully saturated rings. The Morgan fingerprint density at radius 2 is 0.762 bits per heavy atom. The molecule has 0 amide bonds. The average molecular weight is 808 g/mol. The normalized spacial score (nSPS) is 12.7. The van der Waals surface area contributed by atoms with Gasteiger partial charge in [0.05, 0.1) is 11.2 Å². The van der Waals surface area contributed by atoms with Crippen LogP contribution in [0.1, 0.15) is 25.1 Å². The Labute approximate surface area is 366 Å². The fourth-order valence-electron chi connectivity index (χ4n) is 9.60. The first-order valence-corrected chi connectivity index (χ1v) is 21.5. The van der Waals surface area contributed by atoms with Crippen LogP contribution in [0.5, 0.6) is 0 Å². The van der Waals surface area contributed by atoms with E-state index in [0.29, 0.717) is 17.6 Å². The molecule has 0 saturated heterocycles. The van der Waals surface area contributed by atoms with E-state index in [1.807, 2.05) is 0 Å². The molecule has 0 bridgehead atoms. The third kappa shape index (κ3) is 6.12. The van der Waals surface area contributed by atoms with E-state index in [1.165, 1.54) is 22.3 Å². The van der Waals surface area contributed by atoms with Crippen molar-refractivity contribution in [1.82, 2.24) is 24.1 Å². The van der Waals surface area contributed by atoms with Crippen molar-refractivity contribution in [1.29, 1.82) is 0 Å². The van der Waals surface area contributed by atoms with E-state index in [-0.39, 0.29) is 5.41 Å². The van der Waals surface area contributed by atoms with E-state index in [0.717, 1.165) is 72.2 Å². The summed E-state index contributed by atoms with van der Waals surface area (Å²) in [5.41, 5.74) is 16.2. The van der Waals surface area contributed by atoms with Gasteiger partial charge in [0.25, 0.3) is 0 Å². The first-order valence-electron chi connectivity index (χ1n) is 21.5. The number of rotatable bonds is 7. The highest BCUT2D eigenvalue weighted by atomic mass is 15.3. The maximum absolute atomic E-state index is 5.53. The molecular formula is C58H41N5. The van der Waals surface area contributed by atoms with Crippen molar-refractivity contribution in [3.8, 4) is 78.9 Å². The summed E-state index contributed by atoms with van der Waals surface area (Å²) in [6.45, 7) is 4.65. The van der Waals surface area contributed by atoms with Crippen LogP contribution in [-0.2, 0) is 5.41 Å². The van der Waals surface area contributed by atoms with Crippen LogP contribution >= 0.6 is 0 Å². The zero-order valence-corrected chi connectivity index (χ0v) is 34.9. The van der Waals surface area contributed by atoms with Crippen LogP contribution in [0.25, 0.3) is 101 Å². The van der Waals surface area contributed by atoms with Gasteiger partial charge in [0.1, 0.15) is 5.65 Å². The lowest BCUT2D eigenvalue weighted by molar-refractivity contribution is 0.644. The van der Waals surface area contributed by atoms with Gasteiger partial charge in [-0.3, -0.25) is 9.13 Å². The summed E-state index contributed by atoms with van der Waals surface area (Å²) in [6, 6.07) is 75.4. The molecule has 0 N–H and O–H groups in total. The van der Waals surface area contributed by atoms with Crippen LogP contribution in [0.4, 0.5) is 0 Å². The Bertz CT molecular complexity index is 3250. The molecule has 0 aliphatic carbocycles. The van der Waals surface area contributed by atoms with Gasteiger partial charge in [0.15, 0.2) is 11.6 Å². The highest BCUT2D eigenvalue weighted by molar-refractivity contribution is 6.09. The maximum atomic E-state index is 5.53. The van der Waals surface area contributed by atoms with Crippen LogP contribution in [-0.4, -0.2) is 24.1 Å². The van der Waals surface area contributed by atoms with Gasteiger partial charge in [-0.25, -0.2) is 4.98 Å². The Morgan fingerprint density at radius 3 is 1.25 bits per heavy atom. The summed E-state index contributed by atoms with van der Waals surface area (Å²) in [5, 5.41) is 2.32. The Morgan fingerprint density at radius 1 is 0.349 bits per heavy atom. The van der Waals surface area contributed by atoms with Gasteiger partial charge < -0.3 is 0 Å². The molecule has 0 spiro atoms. The van der Waals surface area contributed by atoms with Crippen molar-refractivity contribution in [2.75, 3.05) is 0 Å². The van der Waals surface area contributed by atoms with Gasteiger partial charge in [-0.2, -0.15) is 9.97 Å². The standard InChI is InChI=1S/C58H41N5/c1-58(2)50-28-16-18-30-52(50)62-53(58)37-49-48-27-15-17-29-51(48)63(56(49)62)57-60-54(46-33-42(38-19-7-3-8-20-38)31-43(34-46)39-21-9-4-10-22-39)59-55(61-57)47-35-44(40-23-11-5-12-24-40)32-45(36-47)41-25-13-6-14-26-41/h3-37H,1-2H3. The van der Waals surface area contributed by atoms with Crippen LogP contribution in [0.15, 0.2) is 212 Å². The number of para-hydroxylation sites is 2. The first-order chi connectivity index (χ1) is 31.0. The molecule has 0 atom stereocenters. The molecule has 5 nitrogen and oxygen atoms in total. The van der Waals surface area contributed by atoms with Gasteiger partial charge in [-0.05, 0) is 105 Å². The van der Waals surface area contributed by atoms with E-state index in [2.05, 4.69) is 235 Å². The zero-order valence-electron chi connectivity index (χ0n) is 34.9. The van der Waals surface area contributed by atoms with E-state index in [1.54, 1.807) is 0 Å². The monoisotopic (exact) mass is 807 g/mol. The first kappa shape index (κ1) is 36.7. The SMILES string of the molecule is CC1(C)c2ccccc2-n2c1cc1c3ccccc3n(-c3nc(-c4cc(-c5ccccc5)cc(-c5ccccc5)c4)nc(-c4cc(-c5ccccc5)cc(-c5ccccc5)c4)n3)c12. The van der Waals surface area contributed by atoms with E-state index in [9.17, 15) is 0 Å². The fourth-order valence-corrected chi connectivity index (χ4v) is 9.60. The summed E-state index contributed by atoms with van der Waals surface area (Å²) in [4.78, 5) is 16.5. The minimum atomic E-state index is -0.200. The molecule has 12 rings (SSSR count). The van der Waals surface area contributed by atoms with Gasteiger partial charge in [-0.15, -0.1) is 0 Å². The number of fused-ring (bicyclic) bond motifs is 7. The van der Waals surface area contributed by atoms with Gasteiger partial charge in [0.2, 0.25) is 5.95 Å². The second-order valence-corrected chi connectivity index (χ2v) is 16.9. The molecule has 0 saturated carbocycles. The smallest absolute Gasteiger partial charge is 0.239 e. The molecule has 5 heteroatoms. The minimum Gasteiger partial charge on any atom is -0.298 e. The summed E-state index contributed by atoms with van der Waals surface area (Å²) in [7, 11) is 0. The Kier molecular flexibility index (Phi) is 8.44.